The summed E-state index contributed by atoms with van der Waals surface area (Å²) < 4.78 is 44.3. The van der Waals surface area contributed by atoms with E-state index in [4.69, 9.17) is 4.42 Å². The maximum atomic E-state index is 12.8. The monoisotopic (exact) mass is 491 g/mol. The lowest BCUT2D eigenvalue weighted by Crippen LogP contribution is -2.36. The fourth-order valence-electron chi connectivity index (χ4n) is 3.66. The molecule has 1 fully saturated rings. The number of alkyl halides is 3. The minimum atomic E-state index is -4.36. The maximum absolute atomic E-state index is 12.8. The molecule has 3 aromatic rings. The number of anilines is 3. The number of hydrogen-bond acceptors (Lipinski definition) is 6. The van der Waals surface area contributed by atoms with Crippen molar-refractivity contribution in [3.8, 4) is 11.5 Å². The van der Waals surface area contributed by atoms with Crippen LogP contribution in [0.15, 0.2) is 41.1 Å². The highest BCUT2D eigenvalue weighted by atomic mass is 19.4. The van der Waals surface area contributed by atoms with Crippen molar-refractivity contribution in [2.24, 2.45) is 7.05 Å². The molecule has 1 aliphatic rings. The Morgan fingerprint density at radius 3 is 2.71 bits per heavy atom. The number of halogens is 3. The first-order valence-electron chi connectivity index (χ1n) is 10.8. The zero-order chi connectivity index (χ0) is 25.3. The minimum Gasteiger partial charge on any atom is -0.444 e. The van der Waals surface area contributed by atoms with E-state index in [1.165, 1.54) is 21.7 Å². The third-order valence-corrected chi connectivity index (χ3v) is 5.32. The Hall–Kier alpha value is -4.03. The Morgan fingerprint density at radius 1 is 1.26 bits per heavy atom. The summed E-state index contributed by atoms with van der Waals surface area (Å²) >= 11 is 0. The summed E-state index contributed by atoms with van der Waals surface area (Å²) in [5.41, 5.74) is 0.920. The van der Waals surface area contributed by atoms with Gasteiger partial charge >= 0.3 is 12.2 Å². The average Bonchev–Trinajstić information content (AvgIpc) is 3.50. The third kappa shape index (κ3) is 5.39. The number of nitrogens with one attached hydrogen (secondary N) is 2. The molecule has 2 N–H and O–H groups in total. The third-order valence-electron chi connectivity index (χ3n) is 5.32. The molecule has 1 saturated heterocycles. The molecule has 10 nitrogen and oxygen atoms in total. The van der Waals surface area contributed by atoms with Crippen molar-refractivity contribution in [1.29, 1.82) is 0 Å². The molecule has 0 aliphatic carbocycles. The predicted molar refractivity (Wildman–Crippen MR) is 122 cm³/mol. The summed E-state index contributed by atoms with van der Waals surface area (Å²) in [5, 5.41) is 9.33. The molecule has 13 heteroatoms. The van der Waals surface area contributed by atoms with E-state index in [0.29, 0.717) is 30.2 Å². The summed E-state index contributed by atoms with van der Waals surface area (Å²) in [6.07, 6.45) is -1.63. The number of hydrogen-bond donors (Lipinski definition) is 2. The fourth-order valence-corrected chi connectivity index (χ4v) is 3.66. The minimum absolute atomic E-state index is 0.0324. The van der Waals surface area contributed by atoms with Gasteiger partial charge in [-0.05, 0) is 32.0 Å². The number of benzene rings is 1. The van der Waals surface area contributed by atoms with Gasteiger partial charge in [0.05, 0.1) is 6.20 Å². The summed E-state index contributed by atoms with van der Waals surface area (Å²) in [5.74, 6) is -0.200. The van der Waals surface area contributed by atoms with Crippen LogP contribution >= 0.6 is 0 Å². The lowest BCUT2D eigenvalue weighted by atomic mass is 10.2. The second-order valence-electron chi connectivity index (χ2n) is 8.30. The summed E-state index contributed by atoms with van der Waals surface area (Å²) in [4.78, 5) is 33.0. The largest absolute Gasteiger partial charge is 0.444 e. The lowest BCUT2D eigenvalue weighted by molar-refractivity contribution is -0.115. The number of aryl methyl sites for hydroxylation is 1. The first-order valence-corrected chi connectivity index (χ1v) is 10.8. The Balaban J connectivity index is 1.49. The van der Waals surface area contributed by atoms with Gasteiger partial charge in [0, 0.05) is 37.4 Å². The average molecular weight is 491 g/mol. The fraction of sp³-hybridized carbons (Fsp3) is 0.364. The number of rotatable bonds is 7. The number of nitrogens with zero attached hydrogens (tertiary/aromatic N) is 5. The molecule has 186 valence electrons. The van der Waals surface area contributed by atoms with E-state index in [9.17, 15) is 22.8 Å². The highest BCUT2D eigenvalue weighted by Gasteiger charge is 2.34. The second-order valence-corrected chi connectivity index (χ2v) is 8.30. The summed E-state index contributed by atoms with van der Waals surface area (Å²) in [6.45, 7) is 3.64. The molecule has 3 amide bonds. The lowest BCUT2D eigenvalue weighted by Gasteiger charge is -2.21. The molecule has 4 rings (SSSR count). The van der Waals surface area contributed by atoms with Gasteiger partial charge in [-0.15, -0.1) is 0 Å². The highest BCUT2D eigenvalue weighted by molar-refractivity contribution is 6.06. The predicted octanol–water partition coefficient (Wildman–Crippen LogP) is 3.95. The molecular formula is C22H24F3N7O3. The maximum Gasteiger partial charge on any atom is 0.405 e. The van der Waals surface area contributed by atoms with Crippen LogP contribution in [0, 0.1) is 0 Å². The zero-order valence-electron chi connectivity index (χ0n) is 19.3. The van der Waals surface area contributed by atoms with Crippen LogP contribution in [0.3, 0.4) is 0 Å². The molecule has 0 atom stereocenters. The van der Waals surface area contributed by atoms with Crippen molar-refractivity contribution in [2.75, 3.05) is 35.2 Å². The van der Waals surface area contributed by atoms with Crippen LogP contribution in [0.5, 0.6) is 0 Å². The van der Waals surface area contributed by atoms with E-state index >= 15 is 0 Å². The smallest absolute Gasteiger partial charge is 0.405 e. The molecule has 1 aliphatic heterocycles. The molecular weight excluding hydrogens is 467 g/mol. The van der Waals surface area contributed by atoms with E-state index in [1.807, 2.05) is 13.8 Å². The number of urea groups is 1. The molecule has 1 aromatic carbocycles. The van der Waals surface area contributed by atoms with Crippen LogP contribution in [0.25, 0.3) is 11.5 Å². The van der Waals surface area contributed by atoms with Gasteiger partial charge in [0.25, 0.3) is 5.91 Å². The van der Waals surface area contributed by atoms with E-state index in [-0.39, 0.29) is 29.3 Å². The molecule has 3 heterocycles. The van der Waals surface area contributed by atoms with E-state index in [2.05, 4.69) is 20.7 Å². The summed E-state index contributed by atoms with van der Waals surface area (Å²) in [7, 11) is 1.67. The van der Waals surface area contributed by atoms with Crippen LogP contribution < -0.4 is 15.5 Å². The number of oxazole rings is 1. The molecule has 2 aromatic heterocycles. The van der Waals surface area contributed by atoms with Gasteiger partial charge in [-0.3, -0.25) is 14.4 Å². The van der Waals surface area contributed by atoms with E-state index in [1.54, 1.807) is 30.3 Å². The molecule has 0 saturated carbocycles. The summed E-state index contributed by atoms with van der Waals surface area (Å²) in [6, 6.07) is 5.91. The van der Waals surface area contributed by atoms with Gasteiger partial charge in [-0.25, -0.2) is 9.78 Å². The van der Waals surface area contributed by atoms with Crippen LogP contribution in [-0.2, 0) is 7.05 Å². The topological polar surface area (TPSA) is 109 Å². The Labute approximate surface area is 198 Å². The van der Waals surface area contributed by atoms with Crippen molar-refractivity contribution in [2.45, 2.75) is 26.1 Å². The highest BCUT2D eigenvalue weighted by Crippen LogP contribution is 2.29. The van der Waals surface area contributed by atoms with Crippen molar-refractivity contribution in [1.82, 2.24) is 19.7 Å². The van der Waals surface area contributed by atoms with Gasteiger partial charge in [0.2, 0.25) is 5.89 Å². The van der Waals surface area contributed by atoms with E-state index in [0.717, 1.165) is 6.26 Å². The van der Waals surface area contributed by atoms with Crippen LogP contribution in [0.1, 0.15) is 24.3 Å². The molecule has 0 bridgehead atoms. The van der Waals surface area contributed by atoms with Crippen LogP contribution in [0.2, 0.25) is 0 Å². The Bertz CT molecular complexity index is 1240. The normalized spacial score (nSPS) is 14.2. The number of carbonyl (C=O) groups is 2. The van der Waals surface area contributed by atoms with Crippen LogP contribution in [-0.4, -0.2) is 63.5 Å². The van der Waals surface area contributed by atoms with Gasteiger partial charge in [0.15, 0.2) is 11.5 Å². The van der Waals surface area contributed by atoms with Gasteiger partial charge in [0.1, 0.15) is 18.5 Å². The van der Waals surface area contributed by atoms with Crippen molar-refractivity contribution < 1.29 is 27.2 Å². The molecule has 0 unspecified atom stereocenters. The first kappa shape index (κ1) is 24.1. The van der Waals surface area contributed by atoms with Crippen molar-refractivity contribution >= 4 is 29.1 Å². The van der Waals surface area contributed by atoms with Gasteiger partial charge in [-0.1, -0.05) is 6.07 Å². The number of aromatic nitrogens is 3. The van der Waals surface area contributed by atoms with Gasteiger partial charge in [-0.2, -0.15) is 18.3 Å². The van der Waals surface area contributed by atoms with Crippen molar-refractivity contribution in [3.05, 3.63) is 42.4 Å². The van der Waals surface area contributed by atoms with Crippen LogP contribution in [0.4, 0.5) is 35.2 Å². The first-order chi connectivity index (χ1) is 16.5. The Morgan fingerprint density at radius 2 is 2.03 bits per heavy atom. The molecule has 0 spiro atoms. The second kappa shape index (κ2) is 9.31. The number of amides is 3. The van der Waals surface area contributed by atoms with Gasteiger partial charge < -0.3 is 20.0 Å². The quantitative estimate of drug-likeness (QED) is 0.518. The Kier molecular flexibility index (Phi) is 6.41. The molecule has 0 radical (unpaired) electrons. The SMILES string of the molecule is CC(C)N1CCN(c2nn(C)cc2NC(=O)c2coc(-c3cccc(NCC(F)(F)F)c3)n2)C1=O. The van der Waals surface area contributed by atoms with Crippen molar-refractivity contribution in [3.63, 3.8) is 0 Å². The number of carbonyl (C=O) groups excluding carboxylic acids is 2. The molecule has 35 heavy (non-hydrogen) atoms. The standard InChI is InChI=1S/C22H24F3N7O3/c1-13(2)31-7-8-32(21(31)34)18-16(10-30(3)29-18)27-19(33)17-11-35-20(28-17)14-5-4-6-15(9-14)26-12-22(23,24)25/h4-6,9-11,13,26H,7-8,12H2,1-3H3,(H,27,33). The van der Waals surface area contributed by atoms with E-state index < -0.39 is 18.6 Å². The zero-order valence-corrected chi connectivity index (χ0v) is 19.3.